The number of aliphatic hydroxyl groups is 1. The smallest absolute Gasteiger partial charge is 0.368 e. The molecule has 0 aliphatic rings. The molecule has 0 aromatic heterocycles. The minimum atomic E-state index is -4.33. The van der Waals surface area contributed by atoms with Crippen molar-refractivity contribution in [1.29, 1.82) is 0 Å². The van der Waals surface area contributed by atoms with Crippen molar-refractivity contribution in [1.82, 2.24) is 0 Å². The van der Waals surface area contributed by atoms with E-state index in [0.717, 1.165) is 12.8 Å². The van der Waals surface area contributed by atoms with E-state index in [4.69, 9.17) is 14.0 Å². The SMILES string of the molecule is CCCCCCCCCCCCCCCCCCOC[C@@H](COP(=O)(O)C(O)P=O)OC. The van der Waals surface area contributed by atoms with Gasteiger partial charge in [0.25, 0.3) is 0 Å². The summed E-state index contributed by atoms with van der Waals surface area (Å²) in [6.07, 6.45) is 20.7. The van der Waals surface area contributed by atoms with E-state index in [1.165, 1.54) is 97.0 Å². The molecule has 7 nitrogen and oxygen atoms in total. The van der Waals surface area contributed by atoms with E-state index >= 15 is 0 Å². The van der Waals surface area contributed by atoms with Crippen LogP contribution in [-0.4, -0.2) is 48.6 Å². The maximum Gasteiger partial charge on any atom is 0.368 e. The van der Waals surface area contributed by atoms with E-state index in [1.54, 1.807) is 0 Å². The first-order valence-electron chi connectivity index (χ1n) is 12.6. The molecule has 0 bridgehead atoms. The molecule has 0 amide bonds. The molecule has 0 saturated heterocycles. The van der Waals surface area contributed by atoms with Crippen molar-refractivity contribution in [2.24, 2.45) is 0 Å². The lowest BCUT2D eigenvalue weighted by atomic mass is 10.0. The van der Waals surface area contributed by atoms with Crippen molar-refractivity contribution in [3.63, 3.8) is 0 Å². The highest BCUT2D eigenvalue weighted by Crippen LogP contribution is 2.50. The summed E-state index contributed by atoms with van der Waals surface area (Å²) < 4.78 is 37.6. The quantitative estimate of drug-likeness (QED) is 0.103. The lowest BCUT2D eigenvalue weighted by molar-refractivity contribution is -0.0179. The molecule has 9 heteroatoms. The number of aliphatic hydroxyl groups excluding tert-OH is 1. The third-order valence-corrected chi connectivity index (χ3v) is 8.06. The zero-order valence-electron chi connectivity index (χ0n) is 20.4. The Hall–Kier alpha value is 0.130. The van der Waals surface area contributed by atoms with Crippen LogP contribution in [0.5, 0.6) is 0 Å². The second kappa shape index (κ2) is 22.9. The topological polar surface area (TPSA) is 102 Å². The van der Waals surface area contributed by atoms with Crippen LogP contribution in [0.15, 0.2) is 0 Å². The van der Waals surface area contributed by atoms with Crippen molar-refractivity contribution < 1.29 is 33.1 Å². The normalized spacial score (nSPS) is 15.6. The van der Waals surface area contributed by atoms with Crippen molar-refractivity contribution in [2.45, 2.75) is 121 Å². The fourth-order valence-corrected chi connectivity index (χ4v) is 4.66. The van der Waals surface area contributed by atoms with Gasteiger partial charge in [-0.3, -0.25) is 9.13 Å². The fraction of sp³-hybridized carbons (Fsp3) is 1.00. The van der Waals surface area contributed by atoms with Crippen LogP contribution >= 0.6 is 16.1 Å². The highest BCUT2D eigenvalue weighted by Gasteiger charge is 2.32. The highest BCUT2D eigenvalue weighted by molar-refractivity contribution is 7.62. The Morgan fingerprint density at radius 2 is 1.22 bits per heavy atom. The second-order valence-corrected chi connectivity index (χ2v) is 11.5. The van der Waals surface area contributed by atoms with Crippen LogP contribution in [-0.2, 0) is 23.1 Å². The highest BCUT2D eigenvalue weighted by atomic mass is 31.2. The molecule has 32 heavy (non-hydrogen) atoms. The number of hydrogen-bond acceptors (Lipinski definition) is 6. The summed E-state index contributed by atoms with van der Waals surface area (Å²) in [5.41, 5.74) is -1.94. The first-order valence-corrected chi connectivity index (χ1v) is 15.1. The Kier molecular flexibility index (Phi) is 23.0. The van der Waals surface area contributed by atoms with Crippen molar-refractivity contribution in [3.05, 3.63) is 0 Å². The van der Waals surface area contributed by atoms with Crippen LogP contribution in [0.2, 0.25) is 0 Å². The summed E-state index contributed by atoms with van der Waals surface area (Å²) in [5.74, 6) is 0. The van der Waals surface area contributed by atoms with Crippen LogP contribution in [0.25, 0.3) is 0 Å². The molecule has 0 aliphatic carbocycles. The van der Waals surface area contributed by atoms with Crippen LogP contribution in [0, 0.1) is 0 Å². The Morgan fingerprint density at radius 3 is 1.62 bits per heavy atom. The van der Waals surface area contributed by atoms with E-state index in [-0.39, 0.29) is 13.2 Å². The molecule has 0 spiro atoms. The van der Waals surface area contributed by atoms with E-state index in [0.29, 0.717) is 6.61 Å². The van der Waals surface area contributed by atoms with Crippen molar-refractivity contribution in [2.75, 3.05) is 26.9 Å². The van der Waals surface area contributed by atoms with Gasteiger partial charge in [0.2, 0.25) is 14.0 Å². The molecular weight excluding hydrogens is 450 g/mol. The molecule has 192 valence electrons. The van der Waals surface area contributed by atoms with E-state index in [9.17, 15) is 19.1 Å². The fourth-order valence-electron chi connectivity index (χ4n) is 3.47. The van der Waals surface area contributed by atoms with Gasteiger partial charge in [-0.2, -0.15) is 0 Å². The number of unbranched alkanes of at least 4 members (excludes halogenated alkanes) is 15. The van der Waals surface area contributed by atoms with Gasteiger partial charge in [-0.15, -0.1) is 0 Å². The largest absolute Gasteiger partial charge is 0.379 e. The van der Waals surface area contributed by atoms with Gasteiger partial charge in [0.1, 0.15) is 6.10 Å². The summed E-state index contributed by atoms with van der Waals surface area (Å²) in [6, 6.07) is 0. The van der Waals surface area contributed by atoms with Crippen molar-refractivity contribution >= 4 is 16.1 Å². The van der Waals surface area contributed by atoms with Gasteiger partial charge in [-0.25, -0.2) is 0 Å². The molecule has 0 radical (unpaired) electrons. The van der Waals surface area contributed by atoms with Gasteiger partial charge in [-0.1, -0.05) is 103 Å². The summed E-state index contributed by atoms with van der Waals surface area (Å²) in [6.45, 7) is 2.90. The van der Waals surface area contributed by atoms with Crippen molar-refractivity contribution in [3.8, 4) is 0 Å². The summed E-state index contributed by atoms with van der Waals surface area (Å²) in [7, 11) is -3.72. The molecule has 0 aliphatic heterocycles. The Balaban J connectivity index is 3.40. The first kappa shape index (κ1) is 32.1. The van der Waals surface area contributed by atoms with Gasteiger partial charge in [-0.05, 0) is 6.42 Å². The third-order valence-electron chi connectivity index (χ3n) is 5.61. The Labute approximate surface area is 197 Å². The lowest BCUT2D eigenvalue weighted by Crippen LogP contribution is -2.24. The van der Waals surface area contributed by atoms with E-state index < -0.39 is 27.7 Å². The number of hydrogen-bond donors (Lipinski definition) is 2. The molecule has 0 fully saturated rings. The third kappa shape index (κ3) is 19.6. The number of ether oxygens (including phenoxy) is 2. The molecule has 0 aromatic carbocycles. The Morgan fingerprint density at radius 1 is 0.781 bits per heavy atom. The first-order chi connectivity index (χ1) is 15.5. The van der Waals surface area contributed by atoms with E-state index in [2.05, 4.69) is 6.92 Å². The van der Waals surface area contributed by atoms with Crippen LogP contribution in [0.4, 0.5) is 0 Å². The lowest BCUT2D eigenvalue weighted by Gasteiger charge is -2.18. The van der Waals surface area contributed by atoms with Gasteiger partial charge in [0, 0.05) is 13.7 Å². The summed E-state index contributed by atoms with van der Waals surface area (Å²) in [4.78, 5) is 9.43. The molecule has 0 aromatic rings. The van der Waals surface area contributed by atoms with E-state index in [1.807, 2.05) is 0 Å². The predicted molar refractivity (Wildman–Crippen MR) is 131 cm³/mol. The standard InChI is InChI=1S/C23H48O7P2/c1-3-4-5-6-7-8-9-10-11-12-13-14-15-16-17-18-19-29-20-22(28-2)21-30-32(26,27)23(24)31-25/h22-24H,3-21H2,1-2H3,(H,26,27)/t22-,23?/m0/s1. The molecule has 0 rings (SSSR count). The second-order valence-electron chi connectivity index (χ2n) is 8.55. The molecule has 0 saturated carbocycles. The maximum atomic E-state index is 11.6. The zero-order chi connectivity index (χ0) is 23.9. The summed E-state index contributed by atoms with van der Waals surface area (Å²) >= 11 is 0. The maximum absolute atomic E-state index is 11.6. The number of rotatable bonds is 25. The zero-order valence-corrected chi connectivity index (χ0v) is 22.2. The molecule has 2 N–H and O–H groups in total. The van der Waals surface area contributed by atoms with Gasteiger partial charge < -0.3 is 24.0 Å². The average Bonchev–Trinajstić information content (AvgIpc) is 2.79. The number of methoxy groups -OCH3 is 1. The van der Waals surface area contributed by atoms with Crippen LogP contribution < -0.4 is 0 Å². The van der Waals surface area contributed by atoms with Gasteiger partial charge in [0.05, 0.1) is 13.2 Å². The average molecular weight is 499 g/mol. The van der Waals surface area contributed by atoms with Gasteiger partial charge in [0.15, 0.2) is 0 Å². The molecule has 2 unspecified atom stereocenters. The molecular formula is C23H48O7P2. The van der Waals surface area contributed by atoms with Crippen LogP contribution in [0.1, 0.15) is 110 Å². The minimum absolute atomic E-state index is 0.212. The molecule has 0 heterocycles. The predicted octanol–water partition coefficient (Wildman–Crippen LogP) is 7.05. The molecule has 3 atom stereocenters. The van der Waals surface area contributed by atoms with Gasteiger partial charge >= 0.3 is 7.60 Å². The van der Waals surface area contributed by atoms with Crippen LogP contribution in [0.3, 0.4) is 0 Å². The Bertz CT molecular complexity index is 466. The summed E-state index contributed by atoms with van der Waals surface area (Å²) in [5, 5.41) is 9.18. The minimum Gasteiger partial charge on any atom is -0.379 e. The monoisotopic (exact) mass is 498 g/mol.